The molecule has 4 aromatic rings. The van der Waals surface area contributed by atoms with Gasteiger partial charge in [-0.15, -0.1) is 0 Å². The van der Waals surface area contributed by atoms with E-state index in [2.05, 4.69) is 30.4 Å². The smallest absolute Gasteiger partial charge is 0.244 e. The number of fused-ring (bicyclic) bond motifs is 1. The van der Waals surface area contributed by atoms with E-state index in [4.69, 9.17) is 4.98 Å². The predicted molar refractivity (Wildman–Crippen MR) is 114 cm³/mol. The Morgan fingerprint density at radius 1 is 0.929 bits per heavy atom. The molecule has 1 amide bonds. The van der Waals surface area contributed by atoms with E-state index >= 15 is 0 Å². The summed E-state index contributed by atoms with van der Waals surface area (Å²) in [5.41, 5.74) is 7.09. The Bertz CT molecular complexity index is 1170. The first-order valence-electron chi connectivity index (χ1n) is 9.41. The van der Waals surface area contributed by atoms with Crippen LogP contribution in [0.4, 0.5) is 5.69 Å². The van der Waals surface area contributed by atoms with E-state index in [1.807, 2.05) is 66.9 Å². The van der Waals surface area contributed by atoms with Gasteiger partial charge in [-0.2, -0.15) is 0 Å². The number of benzene rings is 3. The molecule has 4 heteroatoms. The Morgan fingerprint density at radius 3 is 2.50 bits per heavy atom. The van der Waals surface area contributed by atoms with Crippen molar-refractivity contribution in [2.75, 3.05) is 5.32 Å². The highest BCUT2D eigenvalue weighted by Crippen LogP contribution is 2.26. The molecule has 28 heavy (non-hydrogen) atoms. The lowest BCUT2D eigenvalue weighted by atomic mass is 10.1. The molecule has 0 radical (unpaired) electrons. The number of nitrogens with zero attached hydrogens (tertiary/aromatic N) is 2. The highest BCUT2D eigenvalue weighted by atomic mass is 16.1. The molecule has 1 heterocycles. The average molecular weight is 369 g/mol. The second-order valence-corrected chi connectivity index (χ2v) is 7.25. The fraction of sp³-hybridized carbons (Fsp3) is 0.167. The number of nitrogens with one attached hydrogen (secondary N) is 1. The quantitative estimate of drug-likeness (QED) is 0.533. The lowest BCUT2D eigenvalue weighted by molar-refractivity contribution is -0.116. The van der Waals surface area contributed by atoms with Gasteiger partial charge in [-0.3, -0.25) is 4.79 Å². The third-order valence-corrected chi connectivity index (χ3v) is 4.89. The van der Waals surface area contributed by atoms with Crippen molar-refractivity contribution in [3.8, 4) is 11.4 Å². The van der Waals surface area contributed by atoms with Crippen molar-refractivity contribution in [1.29, 1.82) is 0 Å². The molecule has 4 nitrogen and oxygen atoms in total. The van der Waals surface area contributed by atoms with Crippen molar-refractivity contribution >= 4 is 22.6 Å². The monoisotopic (exact) mass is 369 g/mol. The maximum atomic E-state index is 12.9. The van der Waals surface area contributed by atoms with Gasteiger partial charge in [-0.25, -0.2) is 4.98 Å². The summed E-state index contributed by atoms with van der Waals surface area (Å²) in [5.74, 6) is 0.740. The Kier molecular flexibility index (Phi) is 4.70. The van der Waals surface area contributed by atoms with Crippen LogP contribution in [0, 0.1) is 20.8 Å². The van der Waals surface area contributed by atoms with Crippen LogP contribution in [0.3, 0.4) is 0 Å². The van der Waals surface area contributed by atoms with Crippen molar-refractivity contribution in [3.63, 3.8) is 0 Å². The maximum absolute atomic E-state index is 12.9. The van der Waals surface area contributed by atoms with Gasteiger partial charge in [0.1, 0.15) is 12.4 Å². The highest BCUT2D eigenvalue weighted by Gasteiger charge is 2.15. The van der Waals surface area contributed by atoms with E-state index in [-0.39, 0.29) is 12.5 Å². The average Bonchev–Trinajstić information content (AvgIpc) is 3.03. The van der Waals surface area contributed by atoms with Crippen molar-refractivity contribution in [2.24, 2.45) is 0 Å². The van der Waals surface area contributed by atoms with E-state index in [9.17, 15) is 4.79 Å². The third-order valence-electron chi connectivity index (χ3n) is 4.89. The zero-order chi connectivity index (χ0) is 19.7. The normalized spacial score (nSPS) is 11.0. The van der Waals surface area contributed by atoms with Gasteiger partial charge in [0, 0.05) is 11.3 Å². The lowest BCUT2D eigenvalue weighted by Gasteiger charge is -2.12. The molecule has 0 atom stereocenters. The van der Waals surface area contributed by atoms with Crippen LogP contribution in [0.2, 0.25) is 0 Å². The second-order valence-electron chi connectivity index (χ2n) is 7.25. The number of imidazole rings is 1. The van der Waals surface area contributed by atoms with Crippen LogP contribution < -0.4 is 5.32 Å². The molecule has 0 unspecified atom stereocenters. The summed E-state index contributed by atoms with van der Waals surface area (Å²) in [7, 11) is 0. The fourth-order valence-corrected chi connectivity index (χ4v) is 3.53. The summed E-state index contributed by atoms with van der Waals surface area (Å²) in [6.07, 6.45) is 0. The summed E-state index contributed by atoms with van der Waals surface area (Å²) in [6.45, 7) is 6.32. The van der Waals surface area contributed by atoms with Crippen molar-refractivity contribution < 1.29 is 4.79 Å². The molecular weight excluding hydrogens is 346 g/mol. The SMILES string of the molecule is Cc1cccc(-c2nc3ccccc3n2CC(=O)Nc2ccc(C)cc2C)c1. The van der Waals surface area contributed by atoms with Crippen LogP contribution >= 0.6 is 0 Å². The molecule has 0 fully saturated rings. The first-order chi connectivity index (χ1) is 13.5. The standard InChI is InChI=1S/C24H23N3O/c1-16-7-6-8-19(14-16)24-26-21-9-4-5-10-22(21)27(24)15-23(28)25-20-12-11-17(2)13-18(20)3/h4-14H,15H2,1-3H3,(H,25,28). The molecule has 4 rings (SSSR count). The summed E-state index contributed by atoms with van der Waals surface area (Å²) in [5, 5.41) is 3.04. The number of aromatic nitrogens is 2. The molecule has 0 bridgehead atoms. The zero-order valence-corrected chi connectivity index (χ0v) is 16.4. The molecular formula is C24H23N3O. The van der Waals surface area contributed by atoms with Gasteiger partial charge in [0.2, 0.25) is 5.91 Å². The molecule has 0 spiro atoms. The van der Waals surface area contributed by atoms with Gasteiger partial charge in [0.05, 0.1) is 11.0 Å². The van der Waals surface area contributed by atoms with Crippen molar-refractivity contribution in [3.05, 3.63) is 83.4 Å². The number of rotatable bonds is 4. The number of carbonyl (C=O) groups is 1. The van der Waals surface area contributed by atoms with E-state index in [0.717, 1.165) is 39.2 Å². The van der Waals surface area contributed by atoms with Crippen LogP contribution in [-0.2, 0) is 11.3 Å². The van der Waals surface area contributed by atoms with Gasteiger partial charge in [0.15, 0.2) is 0 Å². The van der Waals surface area contributed by atoms with Crippen LogP contribution in [-0.4, -0.2) is 15.5 Å². The number of amides is 1. The minimum absolute atomic E-state index is 0.0657. The fourth-order valence-electron chi connectivity index (χ4n) is 3.53. The summed E-state index contributed by atoms with van der Waals surface area (Å²) < 4.78 is 1.99. The minimum atomic E-state index is -0.0657. The van der Waals surface area contributed by atoms with E-state index in [1.54, 1.807) is 0 Å². The summed E-state index contributed by atoms with van der Waals surface area (Å²) in [6, 6.07) is 22.2. The number of hydrogen-bond acceptors (Lipinski definition) is 2. The van der Waals surface area contributed by atoms with Gasteiger partial charge in [0.25, 0.3) is 0 Å². The van der Waals surface area contributed by atoms with Crippen molar-refractivity contribution in [1.82, 2.24) is 9.55 Å². The maximum Gasteiger partial charge on any atom is 0.244 e. The largest absolute Gasteiger partial charge is 0.324 e. The van der Waals surface area contributed by atoms with Crippen molar-refractivity contribution in [2.45, 2.75) is 27.3 Å². The lowest BCUT2D eigenvalue weighted by Crippen LogP contribution is -2.20. The number of anilines is 1. The van der Waals surface area contributed by atoms with Gasteiger partial charge >= 0.3 is 0 Å². The molecule has 1 aromatic heterocycles. The topological polar surface area (TPSA) is 46.9 Å². The Balaban J connectivity index is 1.71. The zero-order valence-electron chi connectivity index (χ0n) is 16.4. The molecule has 0 aliphatic carbocycles. The first-order valence-corrected chi connectivity index (χ1v) is 9.41. The molecule has 0 aliphatic rings. The number of aryl methyl sites for hydroxylation is 3. The van der Waals surface area contributed by atoms with Crippen LogP contribution in [0.15, 0.2) is 66.7 Å². The molecule has 3 aromatic carbocycles. The minimum Gasteiger partial charge on any atom is -0.324 e. The van der Waals surface area contributed by atoms with Gasteiger partial charge in [-0.1, -0.05) is 53.6 Å². The van der Waals surface area contributed by atoms with Crippen LogP contribution in [0.5, 0.6) is 0 Å². The van der Waals surface area contributed by atoms with Gasteiger partial charge in [-0.05, 0) is 50.6 Å². The van der Waals surface area contributed by atoms with Crippen LogP contribution in [0.25, 0.3) is 22.4 Å². The molecule has 0 saturated heterocycles. The van der Waals surface area contributed by atoms with E-state index in [1.165, 1.54) is 5.56 Å². The Labute approximate surface area is 164 Å². The third kappa shape index (κ3) is 3.54. The molecule has 0 saturated carbocycles. The highest BCUT2D eigenvalue weighted by molar-refractivity contribution is 5.93. The Morgan fingerprint density at radius 2 is 1.71 bits per heavy atom. The molecule has 140 valence electrons. The molecule has 1 N–H and O–H groups in total. The summed E-state index contributed by atoms with van der Waals surface area (Å²) >= 11 is 0. The first kappa shape index (κ1) is 18.0. The number of hydrogen-bond donors (Lipinski definition) is 1. The van der Waals surface area contributed by atoms with Gasteiger partial charge < -0.3 is 9.88 Å². The predicted octanol–water partition coefficient (Wildman–Crippen LogP) is 5.27. The number of para-hydroxylation sites is 2. The van der Waals surface area contributed by atoms with Crippen LogP contribution in [0.1, 0.15) is 16.7 Å². The van der Waals surface area contributed by atoms with E-state index in [0.29, 0.717) is 0 Å². The summed E-state index contributed by atoms with van der Waals surface area (Å²) in [4.78, 5) is 17.6. The molecule has 0 aliphatic heterocycles. The van der Waals surface area contributed by atoms with E-state index < -0.39 is 0 Å². The number of carbonyl (C=O) groups excluding carboxylic acids is 1. The second kappa shape index (κ2) is 7.31. The Hall–Kier alpha value is -3.40.